The Labute approximate surface area is 106 Å². The van der Waals surface area contributed by atoms with Crippen LogP contribution in [-0.4, -0.2) is 21.4 Å². The topological polar surface area (TPSA) is 80.4 Å². The Morgan fingerprint density at radius 1 is 1.39 bits per heavy atom. The standard InChI is InChI=1S/C13H17NO4/c1-9(15)8-12(13(2,3)14(17)18)10-4-6-11(16)7-5-10/h4-7,12,16H,8H2,1-3H3/t12-/m1/s1. The van der Waals surface area contributed by atoms with Gasteiger partial charge >= 0.3 is 0 Å². The van der Waals surface area contributed by atoms with Crippen LogP contribution in [0.4, 0.5) is 0 Å². The summed E-state index contributed by atoms with van der Waals surface area (Å²) in [5, 5.41) is 20.4. The van der Waals surface area contributed by atoms with Gasteiger partial charge in [0, 0.05) is 25.2 Å². The summed E-state index contributed by atoms with van der Waals surface area (Å²) >= 11 is 0. The van der Waals surface area contributed by atoms with Crippen LogP contribution in [0.3, 0.4) is 0 Å². The lowest BCUT2D eigenvalue weighted by Crippen LogP contribution is -2.39. The molecule has 0 fully saturated rings. The van der Waals surface area contributed by atoms with Crippen LogP contribution in [0.25, 0.3) is 0 Å². The molecule has 18 heavy (non-hydrogen) atoms. The van der Waals surface area contributed by atoms with Gasteiger partial charge in [-0.3, -0.25) is 10.1 Å². The maximum absolute atomic E-state index is 11.3. The van der Waals surface area contributed by atoms with Crippen LogP contribution in [0.5, 0.6) is 5.75 Å². The number of phenolic OH excluding ortho intramolecular Hbond substituents is 1. The third kappa shape index (κ3) is 3.06. The van der Waals surface area contributed by atoms with Gasteiger partial charge in [0.25, 0.3) is 0 Å². The molecule has 0 radical (unpaired) electrons. The Hall–Kier alpha value is -1.91. The average Bonchev–Trinajstić information content (AvgIpc) is 2.26. The van der Waals surface area contributed by atoms with Crippen LogP contribution in [-0.2, 0) is 4.79 Å². The molecule has 0 aromatic heterocycles. The van der Waals surface area contributed by atoms with Crippen molar-refractivity contribution in [3.05, 3.63) is 39.9 Å². The number of benzene rings is 1. The molecule has 5 heteroatoms. The van der Waals surface area contributed by atoms with Gasteiger partial charge in [-0.05, 0) is 24.6 Å². The minimum atomic E-state index is -1.23. The minimum absolute atomic E-state index is 0.0944. The molecule has 0 saturated carbocycles. The van der Waals surface area contributed by atoms with Crippen LogP contribution in [0.1, 0.15) is 38.7 Å². The van der Waals surface area contributed by atoms with Crippen LogP contribution in [0.2, 0.25) is 0 Å². The van der Waals surface area contributed by atoms with Crippen molar-refractivity contribution in [3.63, 3.8) is 0 Å². The van der Waals surface area contributed by atoms with Gasteiger partial charge < -0.3 is 9.90 Å². The van der Waals surface area contributed by atoms with Gasteiger partial charge in [0.2, 0.25) is 5.54 Å². The number of Topliss-reactive ketones (excluding diaryl/α,β-unsaturated/α-hetero) is 1. The summed E-state index contributed by atoms with van der Waals surface area (Å²) in [5.41, 5.74) is -0.549. The highest BCUT2D eigenvalue weighted by molar-refractivity contribution is 5.76. The first-order valence-corrected chi connectivity index (χ1v) is 5.68. The number of ketones is 1. The molecular formula is C13H17NO4. The Morgan fingerprint density at radius 2 is 1.89 bits per heavy atom. The third-order valence-corrected chi connectivity index (χ3v) is 3.11. The zero-order valence-corrected chi connectivity index (χ0v) is 10.7. The number of rotatable bonds is 5. The van der Waals surface area contributed by atoms with E-state index in [1.54, 1.807) is 12.1 Å². The van der Waals surface area contributed by atoms with Gasteiger partial charge in [-0.2, -0.15) is 0 Å². The molecule has 0 aliphatic heterocycles. The third-order valence-electron chi connectivity index (χ3n) is 3.11. The predicted molar refractivity (Wildman–Crippen MR) is 67.2 cm³/mol. The molecule has 0 amide bonds. The van der Waals surface area contributed by atoms with Crippen molar-refractivity contribution in [3.8, 4) is 5.75 Å². The summed E-state index contributed by atoms with van der Waals surface area (Å²) in [7, 11) is 0. The summed E-state index contributed by atoms with van der Waals surface area (Å²) < 4.78 is 0. The number of aromatic hydroxyl groups is 1. The van der Waals surface area contributed by atoms with Crippen molar-refractivity contribution < 1.29 is 14.8 Å². The molecule has 0 aliphatic carbocycles. The fourth-order valence-electron chi connectivity index (χ4n) is 1.90. The number of nitro groups is 1. The van der Waals surface area contributed by atoms with E-state index in [0.29, 0.717) is 5.56 Å². The maximum Gasteiger partial charge on any atom is 0.223 e. The lowest BCUT2D eigenvalue weighted by molar-refractivity contribution is -0.565. The summed E-state index contributed by atoms with van der Waals surface area (Å²) in [6.45, 7) is 4.43. The second kappa shape index (κ2) is 5.16. The summed E-state index contributed by atoms with van der Waals surface area (Å²) in [5.74, 6) is -0.507. The molecule has 1 N–H and O–H groups in total. The van der Waals surface area contributed by atoms with Gasteiger partial charge in [-0.15, -0.1) is 0 Å². The van der Waals surface area contributed by atoms with Crippen molar-refractivity contribution in [2.24, 2.45) is 0 Å². The predicted octanol–water partition coefficient (Wildman–Crippen LogP) is 2.51. The SMILES string of the molecule is CC(=O)C[C@H](c1ccc(O)cc1)C(C)(C)[N+](=O)[O-]. The van der Waals surface area contributed by atoms with Gasteiger partial charge in [-0.1, -0.05) is 12.1 Å². The van der Waals surface area contributed by atoms with Crippen molar-refractivity contribution in [2.45, 2.75) is 38.6 Å². The molecule has 0 spiro atoms. The van der Waals surface area contributed by atoms with E-state index in [0.717, 1.165) is 0 Å². The van der Waals surface area contributed by atoms with Gasteiger partial charge in [0.1, 0.15) is 11.5 Å². The molecule has 1 aromatic rings. The van der Waals surface area contributed by atoms with E-state index in [1.165, 1.54) is 32.9 Å². The van der Waals surface area contributed by atoms with E-state index in [4.69, 9.17) is 0 Å². The van der Waals surface area contributed by atoms with Gasteiger partial charge in [0.05, 0.1) is 5.92 Å². The second-order valence-electron chi connectivity index (χ2n) is 4.96. The highest BCUT2D eigenvalue weighted by Gasteiger charge is 2.42. The summed E-state index contributed by atoms with van der Waals surface area (Å²) in [4.78, 5) is 22.1. The van der Waals surface area contributed by atoms with E-state index >= 15 is 0 Å². The second-order valence-corrected chi connectivity index (χ2v) is 4.96. The number of hydrogen-bond donors (Lipinski definition) is 1. The Kier molecular flexibility index (Phi) is 4.06. The van der Waals surface area contributed by atoms with Crippen LogP contribution >= 0.6 is 0 Å². The largest absolute Gasteiger partial charge is 0.508 e. The lowest BCUT2D eigenvalue weighted by Gasteiger charge is -2.26. The quantitative estimate of drug-likeness (QED) is 0.644. The molecule has 98 valence electrons. The molecule has 0 bridgehead atoms. The number of carbonyl (C=O) groups is 1. The summed E-state index contributed by atoms with van der Waals surface area (Å²) in [6.07, 6.45) is 0.110. The van der Waals surface area contributed by atoms with Crippen molar-refractivity contribution in [2.75, 3.05) is 0 Å². The number of nitrogens with zero attached hydrogens (tertiary/aromatic N) is 1. The first-order valence-electron chi connectivity index (χ1n) is 5.68. The Morgan fingerprint density at radius 3 is 2.28 bits per heavy atom. The molecular weight excluding hydrogens is 234 g/mol. The zero-order chi connectivity index (χ0) is 13.9. The van der Waals surface area contributed by atoms with Crippen molar-refractivity contribution in [1.29, 1.82) is 0 Å². The van der Waals surface area contributed by atoms with Gasteiger partial charge in [-0.25, -0.2) is 0 Å². The molecule has 0 saturated heterocycles. The fourth-order valence-corrected chi connectivity index (χ4v) is 1.90. The fraction of sp³-hybridized carbons (Fsp3) is 0.462. The molecule has 5 nitrogen and oxygen atoms in total. The number of hydrogen-bond acceptors (Lipinski definition) is 4. The number of carbonyl (C=O) groups excluding carboxylic acids is 1. The highest BCUT2D eigenvalue weighted by atomic mass is 16.6. The first kappa shape index (κ1) is 14.2. The van der Waals surface area contributed by atoms with E-state index in [2.05, 4.69) is 0 Å². The van der Waals surface area contributed by atoms with Crippen molar-refractivity contribution >= 4 is 5.78 Å². The molecule has 1 atom stereocenters. The van der Waals surface area contributed by atoms with E-state index < -0.39 is 11.5 Å². The van der Waals surface area contributed by atoms with Crippen LogP contribution in [0.15, 0.2) is 24.3 Å². The first-order chi connectivity index (χ1) is 8.25. The Bertz CT molecular complexity index is 451. The highest BCUT2D eigenvalue weighted by Crippen LogP contribution is 2.34. The zero-order valence-electron chi connectivity index (χ0n) is 10.7. The van der Waals surface area contributed by atoms with Crippen LogP contribution < -0.4 is 0 Å². The molecule has 0 aliphatic rings. The normalized spacial score (nSPS) is 13.1. The van der Waals surface area contributed by atoms with E-state index in [9.17, 15) is 20.0 Å². The Balaban J connectivity index is 3.17. The van der Waals surface area contributed by atoms with E-state index in [1.807, 2.05) is 0 Å². The average molecular weight is 251 g/mol. The summed E-state index contributed by atoms with van der Waals surface area (Å²) in [6, 6.07) is 6.18. The maximum atomic E-state index is 11.3. The smallest absolute Gasteiger partial charge is 0.223 e. The molecule has 1 aromatic carbocycles. The lowest BCUT2D eigenvalue weighted by atomic mass is 9.79. The van der Waals surface area contributed by atoms with Crippen molar-refractivity contribution in [1.82, 2.24) is 0 Å². The molecule has 0 heterocycles. The minimum Gasteiger partial charge on any atom is -0.508 e. The number of phenols is 1. The molecule has 0 unspecified atom stereocenters. The van der Waals surface area contributed by atoms with Gasteiger partial charge in [0.15, 0.2) is 0 Å². The monoisotopic (exact) mass is 251 g/mol. The van der Waals surface area contributed by atoms with Crippen LogP contribution in [0, 0.1) is 10.1 Å². The van der Waals surface area contributed by atoms with E-state index in [-0.39, 0.29) is 22.9 Å². The molecule has 1 rings (SSSR count).